The molecule has 3 nitrogen and oxygen atoms in total. The van der Waals surface area contributed by atoms with Gasteiger partial charge in [0.2, 0.25) is 0 Å². The van der Waals surface area contributed by atoms with Gasteiger partial charge in [0, 0.05) is 30.4 Å². The second-order valence-electron chi connectivity index (χ2n) is 5.75. The van der Waals surface area contributed by atoms with E-state index in [-0.39, 0.29) is 0 Å². The summed E-state index contributed by atoms with van der Waals surface area (Å²) in [5.41, 5.74) is 3.77. The van der Waals surface area contributed by atoms with E-state index in [9.17, 15) is 0 Å². The number of hydrogen-bond acceptors (Lipinski definition) is 3. The van der Waals surface area contributed by atoms with Crippen LogP contribution in [0.25, 0.3) is 0 Å². The van der Waals surface area contributed by atoms with Gasteiger partial charge >= 0.3 is 0 Å². The van der Waals surface area contributed by atoms with E-state index in [0.29, 0.717) is 6.04 Å². The molecule has 1 N–H and O–H groups in total. The summed E-state index contributed by atoms with van der Waals surface area (Å²) in [5.74, 6) is 1.05. The Hall–Kier alpha value is -1.74. The molecule has 0 atom stereocenters. The van der Waals surface area contributed by atoms with E-state index >= 15 is 0 Å². The molecule has 0 saturated carbocycles. The number of benzene rings is 1. The van der Waals surface area contributed by atoms with Crippen LogP contribution in [-0.4, -0.2) is 12.6 Å². The van der Waals surface area contributed by atoms with Gasteiger partial charge < -0.3 is 14.6 Å². The van der Waals surface area contributed by atoms with Gasteiger partial charge in [-0.2, -0.15) is 0 Å². The van der Waals surface area contributed by atoms with Gasteiger partial charge in [0.05, 0.1) is 12.8 Å². The van der Waals surface area contributed by atoms with Gasteiger partial charge in [-0.25, -0.2) is 0 Å². The van der Waals surface area contributed by atoms with Crippen LogP contribution in [0.15, 0.2) is 41.0 Å². The SMILES string of the molecule is CCN(Cc1occc1CNC(C)C)c1ccc(C)cc1. The Kier molecular flexibility index (Phi) is 5.45. The van der Waals surface area contributed by atoms with Crippen LogP contribution < -0.4 is 10.2 Å². The molecule has 0 aliphatic heterocycles. The maximum atomic E-state index is 5.69. The summed E-state index contributed by atoms with van der Waals surface area (Å²) in [6.45, 7) is 11.2. The standard InChI is InChI=1S/C18H26N2O/c1-5-20(17-8-6-15(4)7-9-17)13-18-16(10-11-21-18)12-19-14(2)3/h6-11,14,19H,5,12-13H2,1-4H3. The number of nitrogens with zero attached hydrogens (tertiary/aromatic N) is 1. The third kappa shape index (κ3) is 4.36. The second kappa shape index (κ2) is 7.32. The van der Waals surface area contributed by atoms with Crippen molar-refractivity contribution in [3.05, 3.63) is 53.5 Å². The van der Waals surface area contributed by atoms with Crippen molar-refractivity contribution in [3.63, 3.8) is 0 Å². The topological polar surface area (TPSA) is 28.4 Å². The molecular formula is C18H26N2O. The van der Waals surface area contributed by atoms with Crippen molar-refractivity contribution in [1.82, 2.24) is 5.32 Å². The average molecular weight is 286 g/mol. The zero-order chi connectivity index (χ0) is 15.2. The van der Waals surface area contributed by atoms with Gasteiger partial charge in [0.15, 0.2) is 0 Å². The molecule has 0 spiro atoms. The molecule has 0 amide bonds. The van der Waals surface area contributed by atoms with Gasteiger partial charge in [0.1, 0.15) is 5.76 Å². The molecule has 0 fully saturated rings. The van der Waals surface area contributed by atoms with E-state index in [1.165, 1.54) is 16.8 Å². The fourth-order valence-electron chi connectivity index (χ4n) is 2.29. The van der Waals surface area contributed by atoms with Crippen molar-refractivity contribution in [2.24, 2.45) is 0 Å². The van der Waals surface area contributed by atoms with Crippen molar-refractivity contribution >= 4 is 5.69 Å². The minimum atomic E-state index is 0.479. The summed E-state index contributed by atoms with van der Waals surface area (Å²) in [4.78, 5) is 2.33. The van der Waals surface area contributed by atoms with Crippen molar-refractivity contribution in [1.29, 1.82) is 0 Å². The van der Waals surface area contributed by atoms with Crippen LogP contribution in [0.5, 0.6) is 0 Å². The van der Waals surface area contributed by atoms with Crippen LogP contribution in [0.4, 0.5) is 5.69 Å². The average Bonchev–Trinajstić information content (AvgIpc) is 2.91. The number of aryl methyl sites for hydroxylation is 1. The minimum Gasteiger partial charge on any atom is -0.467 e. The Morgan fingerprint density at radius 1 is 1.14 bits per heavy atom. The third-order valence-corrected chi connectivity index (χ3v) is 3.65. The predicted octanol–water partition coefficient (Wildman–Crippen LogP) is 4.11. The molecule has 3 heteroatoms. The Labute approximate surface area is 128 Å². The number of anilines is 1. The first-order valence-corrected chi connectivity index (χ1v) is 7.70. The second-order valence-corrected chi connectivity index (χ2v) is 5.75. The molecule has 1 heterocycles. The molecule has 0 bridgehead atoms. The highest BCUT2D eigenvalue weighted by molar-refractivity contribution is 5.47. The minimum absolute atomic E-state index is 0.479. The maximum absolute atomic E-state index is 5.69. The molecule has 21 heavy (non-hydrogen) atoms. The van der Waals surface area contributed by atoms with E-state index in [2.05, 4.69) is 68.2 Å². The molecular weight excluding hydrogens is 260 g/mol. The smallest absolute Gasteiger partial charge is 0.127 e. The molecule has 2 rings (SSSR count). The molecule has 0 unspecified atom stereocenters. The summed E-state index contributed by atoms with van der Waals surface area (Å²) >= 11 is 0. The van der Waals surface area contributed by atoms with Gasteiger partial charge in [-0.3, -0.25) is 0 Å². The van der Waals surface area contributed by atoms with Crippen LogP contribution in [-0.2, 0) is 13.1 Å². The molecule has 0 aliphatic carbocycles. The molecule has 0 radical (unpaired) electrons. The zero-order valence-electron chi connectivity index (χ0n) is 13.5. The Morgan fingerprint density at radius 3 is 2.48 bits per heavy atom. The number of nitrogens with one attached hydrogen (secondary N) is 1. The first kappa shape index (κ1) is 15.6. The molecule has 0 aliphatic rings. The normalized spacial score (nSPS) is 11.1. The molecule has 2 aromatic rings. The summed E-state index contributed by atoms with van der Waals surface area (Å²) < 4.78 is 5.69. The fourth-order valence-corrected chi connectivity index (χ4v) is 2.29. The van der Waals surface area contributed by atoms with Crippen LogP contribution in [0.1, 0.15) is 37.7 Å². The van der Waals surface area contributed by atoms with E-state index in [1.807, 2.05) is 0 Å². The lowest BCUT2D eigenvalue weighted by Crippen LogP contribution is -2.25. The van der Waals surface area contributed by atoms with Crippen LogP contribution in [0.3, 0.4) is 0 Å². The molecule has 114 valence electrons. The van der Waals surface area contributed by atoms with Crippen molar-refractivity contribution in [2.75, 3.05) is 11.4 Å². The first-order valence-electron chi connectivity index (χ1n) is 7.70. The highest BCUT2D eigenvalue weighted by atomic mass is 16.3. The van der Waals surface area contributed by atoms with Crippen molar-refractivity contribution < 1.29 is 4.42 Å². The van der Waals surface area contributed by atoms with E-state index in [4.69, 9.17) is 4.42 Å². The highest BCUT2D eigenvalue weighted by Gasteiger charge is 2.12. The van der Waals surface area contributed by atoms with Crippen molar-refractivity contribution in [2.45, 2.75) is 46.8 Å². The van der Waals surface area contributed by atoms with Crippen LogP contribution in [0, 0.1) is 6.92 Å². The number of hydrogen-bond donors (Lipinski definition) is 1. The molecule has 1 aromatic heterocycles. The van der Waals surface area contributed by atoms with Gasteiger partial charge in [-0.05, 0) is 32.0 Å². The Morgan fingerprint density at radius 2 is 1.86 bits per heavy atom. The third-order valence-electron chi connectivity index (χ3n) is 3.65. The summed E-state index contributed by atoms with van der Waals surface area (Å²) in [5, 5.41) is 3.45. The lowest BCUT2D eigenvalue weighted by Gasteiger charge is -2.23. The molecule has 1 aromatic carbocycles. The van der Waals surface area contributed by atoms with Crippen molar-refractivity contribution in [3.8, 4) is 0 Å². The summed E-state index contributed by atoms with van der Waals surface area (Å²) in [6, 6.07) is 11.2. The van der Waals surface area contributed by atoms with Crippen LogP contribution >= 0.6 is 0 Å². The Bertz CT molecular complexity index is 543. The van der Waals surface area contributed by atoms with E-state index in [0.717, 1.165) is 25.4 Å². The molecule has 0 saturated heterocycles. The lowest BCUT2D eigenvalue weighted by atomic mass is 10.2. The zero-order valence-corrected chi connectivity index (χ0v) is 13.5. The quantitative estimate of drug-likeness (QED) is 0.830. The fraction of sp³-hybridized carbons (Fsp3) is 0.444. The maximum Gasteiger partial charge on any atom is 0.127 e. The number of furan rings is 1. The van der Waals surface area contributed by atoms with Gasteiger partial charge in [-0.1, -0.05) is 31.5 Å². The predicted molar refractivity (Wildman–Crippen MR) is 88.6 cm³/mol. The largest absolute Gasteiger partial charge is 0.467 e. The monoisotopic (exact) mass is 286 g/mol. The van der Waals surface area contributed by atoms with E-state index < -0.39 is 0 Å². The van der Waals surface area contributed by atoms with E-state index in [1.54, 1.807) is 6.26 Å². The van der Waals surface area contributed by atoms with Crippen LogP contribution in [0.2, 0.25) is 0 Å². The first-order chi connectivity index (χ1) is 10.1. The van der Waals surface area contributed by atoms with Gasteiger partial charge in [-0.15, -0.1) is 0 Å². The number of rotatable bonds is 7. The van der Waals surface area contributed by atoms with Gasteiger partial charge in [0.25, 0.3) is 0 Å². The Balaban J connectivity index is 2.08. The highest BCUT2D eigenvalue weighted by Crippen LogP contribution is 2.20. The summed E-state index contributed by atoms with van der Waals surface area (Å²) in [6.07, 6.45) is 1.79. The summed E-state index contributed by atoms with van der Waals surface area (Å²) in [7, 11) is 0. The lowest BCUT2D eigenvalue weighted by molar-refractivity contribution is 0.492.